The maximum absolute atomic E-state index is 13.4. The van der Waals surface area contributed by atoms with Gasteiger partial charge in [-0.05, 0) is 60.4 Å². The van der Waals surface area contributed by atoms with E-state index >= 15 is 0 Å². The molecule has 0 spiro atoms. The fourth-order valence-electron chi connectivity index (χ4n) is 4.80. The van der Waals surface area contributed by atoms with Gasteiger partial charge in [0.15, 0.2) is 4.21 Å². The number of thiazole rings is 1. The van der Waals surface area contributed by atoms with E-state index in [2.05, 4.69) is 47.9 Å². The molecule has 0 bridgehead atoms. The summed E-state index contributed by atoms with van der Waals surface area (Å²) in [4.78, 5) is 6.36. The van der Waals surface area contributed by atoms with Crippen LogP contribution in [-0.2, 0) is 10.0 Å². The maximum atomic E-state index is 13.4. The number of rotatable bonds is 6. The average molecular weight is 514 g/mol. The Kier molecular flexibility index (Phi) is 6.47. The molecule has 0 aliphatic carbocycles. The highest BCUT2D eigenvalue weighted by atomic mass is 32.2. The molecule has 1 aliphatic rings. The highest BCUT2D eigenvalue weighted by Crippen LogP contribution is 2.34. The quantitative estimate of drug-likeness (QED) is 0.376. The summed E-state index contributed by atoms with van der Waals surface area (Å²) in [6.45, 7) is 8.79. The Balaban J connectivity index is 1.53. The largest absolute Gasteiger partial charge is 0.293 e. The third-order valence-electron chi connectivity index (χ3n) is 6.44. The molecule has 2 aromatic carbocycles. The van der Waals surface area contributed by atoms with Gasteiger partial charge in [0.1, 0.15) is 5.82 Å². The van der Waals surface area contributed by atoms with Crippen LogP contribution < -0.4 is 0 Å². The van der Waals surface area contributed by atoms with E-state index in [1.54, 1.807) is 26.6 Å². The van der Waals surface area contributed by atoms with E-state index in [4.69, 9.17) is 0 Å². The van der Waals surface area contributed by atoms with Gasteiger partial charge in [-0.25, -0.2) is 17.5 Å². The summed E-state index contributed by atoms with van der Waals surface area (Å²) < 4.78 is 43.6. The van der Waals surface area contributed by atoms with Gasteiger partial charge in [0.05, 0.1) is 29.1 Å². The molecule has 3 heterocycles. The minimum absolute atomic E-state index is 0.0765. The fraction of sp³-hybridized carbons (Fsp3) is 0.360. The van der Waals surface area contributed by atoms with Crippen molar-refractivity contribution in [2.75, 3.05) is 26.2 Å². The number of aromatic nitrogens is 3. The number of piperazine rings is 1. The van der Waals surface area contributed by atoms with Crippen molar-refractivity contribution in [1.29, 1.82) is 0 Å². The maximum Gasteiger partial charge on any atom is 0.254 e. The normalized spacial score (nSPS) is 18.0. The molecular weight excluding hydrogens is 485 g/mol. The molecule has 7 nitrogen and oxygen atoms in total. The van der Waals surface area contributed by atoms with Crippen LogP contribution in [0.25, 0.3) is 16.6 Å². The van der Waals surface area contributed by atoms with Crippen molar-refractivity contribution in [2.24, 2.45) is 5.92 Å². The molecule has 5 rings (SSSR count). The van der Waals surface area contributed by atoms with Crippen LogP contribution in [0.1, 0.15) is 31.0 Å². The van der Waals surface area contributed by atoms with E-state index < -0.39 is 10.0 Å². The molecule has 10 heteroatoms. The number of hydrogen-bond donors (Lipinski definition) is 0. The van der Waals surface area contributed by atoms with Gasteiger partial charge in [-0.1, -0.05) is 13.8 Å². The first-order chi connectivity index (χ1) is 16.7. The van der Waals surface area contributed by atoms with Crippen LogP contribution in [0.3, 0.4) is 0 Å². The standard InChI is InChI=1S/C25H28FN5O2S2/c1-17(2)14-29-8-9-30(35(32,33)25-13-27-16-34-25)15-24(29)22-11-19-12-28-31(23(19)10-18(22)3)21-6-4-20(26)5-7-21/h4-7,10-13,16-17,24H,8-9,14-15H2,1-3H3. The van der Waals surface area contributed by atoms with Gasteiger partial charge >= 0.3 is 0 Å². The van der Waals surface area contributed by atoms with Crippen LogP contribution in [0.5, 0.6) is 0 Å². The van der Waals surface area contributed by atoms with Crippen LogP contribution in [0.15, 0.2) is 58.5 Å². The molecule has 0 radical (unpaired) electrons. The van der Waals surface area contributed by atoms with Crippen molar-refractivity contribution < 1.29 is 12.8 Å². The molecule has 184 valence electrons. The van der Waals surface area contributed by atoms with Crippen molar-refractivity contribution in [3.63, 3.8) is 0 Å². The minimum Gasteiger partial charge on any atom is -0.293 e. The van der Waals surface area contributed by atoms with E-state index in [0.717, 1.165) is 45.6 Å². The predicted molar refractivity (Wildman–Crippen MR) is 136 cm³/mol. The Bertz CT molecular complexity index is 1430. The first-order valence-corrected chi connectivity index (χ1v) is 13.9. The predicted octanol–water partition coefficient (Wildman–Crippen LogP) is 4.63. The SMILES string of the molecule is Cc1cc2c(cnn2-c2ccc(F)cc2)cc1C1CN(S(=O)(=O)c2cncs2)CCN1CC(C)C. The molecule has 1 unspecified atom stereocenters. The van der Waals surface area contributed by atoms with Crippen molar-refractivity contribution in [2.45, 2.75) is 31.0 Å². The van der Waals surface area contributed by atoms with Crippen LogP contribution in [0, 0.1) is 18.7 Å². The Morgan fingerprint density at radius 3 is 2.60 bits per heavy atom. The topological polar surface area (TPSA) is 71.3 Å². The highest BCUT2D eigenvalue weighted by Gasteiger charge is 2.36. The van der Waals surface area contributed by atoms with Gasteiger partial charge in [0.2, 0.25) is 0 Å². The van der Waals surface area contributed by atoms with Gasteiger partial charge in [-0.15, -0.1) is 11.3 Å². The molecule has 0 amide bonds. The molecular formula is C25H28FN5O2S2. The smallest absolute Gasteiger partial charge is 0.254 e. The molecule has 1 fully saturated rings. The second-order valence-corrected chi connectivity index (χ2v) is 12.4. The van der Waals surface area contributed by atoms with E-state index in [1.807, 2.05) is 6.20 Å². The van der Waals surface area contributed by atoms with Crippen molar-refractivity contribution in [3.05, 3.63) is 71.2 Å². The zero-order valence-electron chi connectivity index (χ0n) is 19.9. The molecule has 2 aromatic heterocycles. The van der Waals surface area contributed by atoms with Crippen molar-refractivity contribution in [1.82, 2.24) is 24.0 Å². The highest BCUT2D eigenvalue weighted by molar-refractivity contribution is 7.91. The van der Waals surface area contributed by atoms with Crippen LogP contribution in [-0.4, -0.2) is 58.6 Å². The number of halogens is 1. The van der Waals surface area contributed by atoms with E-state index in [9.17, 15) is 12.8 Å². The zero-order valence-corrected chi connectivity index (χ0v) is 21.6. The van der Waals surface area contributed by atoms with Gasteiger partial charge in [-0.3, -0.25) is 9.88 Å². The summed E-state index contributed by atoms with van der Waals surface area (Å²) >= 11 is 1.15. The third kappa shape index (κ3) is 4.63. The Morgan fingerprint density at radius 2 is 1.91 bits per heavy atom. The number of aryl methyl sites for hydroxylation is 1. The Labute approximate surface area is 208 Å². The number of hydrogen-bond acceptors (Lipinski definition) is 6. The van der Waals surface area contributed by atoms with Gasteiger partial charge < -0.3 is 0 Å². The van der Waals surface area contributed by atoms with E-state index in [0.29, 0.717) is 25.6 Å². The number of nitrogens with zero attached hydrogens (tertiary/aromatic N) is 5. The molecule has 35 heavy (non-hydrogen) atoms. The van der Waals surface area contributed by atoms with Crippen LogP contribution >= 0.6 is 11.3 Å². The zero-order chi connectivity index (χ0) is 24.7. The lowest BCUT2D eigenvalue weighted by atomic mass is 9.96. The third-order valence-corrected chi connectivity index (χ3v) is 9.55. The second-order valence-electron chi connectivity index (χ2n) is 9.39. The first kappa shape index (κ1) is 24.1. The van der Waals surface area contributed by atoms with E-state index in [1.165, 1.54) is 18.3 Å². The number of sulfonamides is 1. The molecule has 1 saturated heterocycles. The fourth-order valence-corrected chi connectivity index (χ4v) is 7.19. The van der Waals surface area contributed by atoms with Gasteiger partial charge in [0, 0.05) is 37.6 Å². The summed E-state index contributed by atoms with van der Waals surface area (Å²) in [7, 11) is -3.59. The minimum atomic E-state index is -3.59. The Morgan fingerprint density at radius 1 is 1.14 bits per heavy atom. The lowest BCUT2D eigenvalue weighted by Gasteiger charge is -2.42. The summed E-state index contributed by atoms with van der Waals surface area (Å²) in [6, 6.07) is 10.4. The molecule has 1 aliphatic heterocycles. The second kappa shape index (κ2) is 9.42. The average Bonchev–Trinajstić information content (AvgIpc) is 3.50. The summed E-state index contributed by atoms with van der Waals surface area (Å²) in [5.74, 6) is 0.163. The van der Waals surface area contributed by atoms with Gasteiger partial charge in [0.25, 0.3) is 10.0 Å². The molecule has 0 saturated carbocycles. The summed E-state index contributed by atoms with van der Waals surface area (Å²) in [5, 5.41) is 5.51. The first-order valence-electron chi connectivity index (χ1n) is 11.6. The lowest BCUT2D eigenvalue weighted by molar-refractivity contribution is 0.105. The van der Waals surface area contributed by atoms with Crippen LogP contribution in [0.2, 0.25) is 0 Å². The van der Waals surface area contributed by atoms with Gasteiger partial charge in [-0.2, -0.15) is 9.40 Å². The number of fused-ring (bicyclic) bond motifs is 1. The number of benzene rings is 2. The summed E-state index contributed by atoms with van der Waals surface area (Å²) in [6.07, 6.45) is 3.24. The molecule has 0 N–H and O–H groups in total. The molecule has 1 atom stereocenters. The van der Waals surface area contributed by atoms with Crippen molar-refractivity contribution in [3.8, 4) is 5.69 Å². The lowest BCUT2D eigenvalue weighted by Crippen LogP contribution is -2.51. The molecule has 4 aromatic rings. The monoisotopic (exact) mass is 513 g/mol. The Hall–Kier alpha value is -2.66. The van der Waals surface area contributed by atoms with Crippen LogP contribution in [0.4, 0.5) is 4.39 Å². The van der Waals surface area contributed by atoms with E-state index in [-0.39, 0.29) is 16.1 Å². The van der Waals surface area contributed by atoms with Crippen molar-refractivity contribution >= 4 is 32.3 Å². The summed E-state index contributed by atoms with van der Waals surface area (Å²) in [5.41, 5.74) is 5.43.